The van der Waals surface area contributed by atoms with Crippen LogP contribution in [0.15, 0.2) is 40.9 Å². The Morgan fingerprint density at radius 3 is 3.00 bits per heavy atom. The number of rotatable bonds is 6. The fourth-order valence-electron chi connectivity index (χ4n) is 3.64. The summed E-state index contributed by atoms with van der Waals surface area (Å²) in [7, 11) is 0. The van der Waals surface area contributed by atoms with Crippen molar-refractivity contribution < 1.29 is 19.5 Å². The number of aromatic nitrogens is 2. The van der Waals surface area contributed by atoms with Crippen LogP contribution in [0, 0.1) is 11.3 Å². The molecule has 0 radical (unpaired) electrons. The quantitative estimate of drug-likeness (QED) is 0.585. The Morgan fingerprint density at radius 1 is 1.34 bits per heavy atom. The Bertz CT molecular complexity index is 1120. The van der Waals surface area contributed by atoms with Crippen LogP contribution in [-0.2, 0) is 11.2 Å². The number of phenols is 1. The van der Waals surface area contributed by atoms with Gasteiger partial charge in [0, 0.05) is 23.7 Å². The van der Waals surface area contributed by atoms with Crippen LogP contribution in [0.1, 0.15) is 35.6 Å². The number of fused-ring (bicyclic) bond motifs is 1. The maximum absolute atomic E-state index is 10.7. The maximum atomic E-state index is 10.7. The largest absolute Gasteiger partial charge is 0.507 e. The van der Waals surface area contributed by atoms with Crippen LogP contribution in [0.2, 0.25) is 0 Å². The number of nitrogens with one attached hydrogen (secondary N) is 1. The molecule has 1 unspecified atom stereocenters. The number of benzene rings is 2. The van der Waals surface area contributed by atoms with Gasteiger partial charge in [0.25, 0.3) is 5.89 Å². The lowest BCUT2D eigenvalue weighted by atomic mass is 10.0. The number of hydrogen-bond acceptors (Lipinski definition) is 7. The van der Waals surface area contributed by atoms with E-state index in [9.17, 15) is 9.90 Å². The minimum absolute atomic E-state index is 0.0804. The van der Waals surface area contributed by atoms with Crippen molar-refractivity contribution in [3.8, 4) is 34.7 Å². The van der Waals surface area contributed by atoms with Gasteiger partial charge in [-0.2, -0.15) is 10.2 Å². The number of phenolic OH excluding ortho intramolecular Hbond substituents is 1. The second-order valence-corrected chi connectivity index (χ2v) is 6.83. The molecule has 3 N–H and O–H groups in total. The number of carboxylic acid groups (broad SMARTS) is 1. The van der Waals surface area contributed by atoms with E-state index in [1.807, 2.05) is 24.3 Å². The van der Waals surface area contributed by atoms with Crippen molar-refractivity contribution in [2.75, 3.05) is 6.54 Å². The summed E-state index contributed by atoms with van der Waals surface area (Å²) in [5.74, 6) is -0.200. The van der Waals surface area contributed by atoms with E-state index in [0.29, 0.717) is 17.9 Å². The summed E-state index contributed by atoms with van der Waals surface area (Å²) in [6.45, 7) is 0.415. The van der Waals surface area contributed by atoms with Gasteiger partial charge in [0.05, 0.1) is 12.0 Å². The highest BCUT2D eigenvalue weighted by molar-refractivity contribution is 5.68. The van der Waals surface area contributed by atoms with Gasteiger partial charge < -0.3 is 20.1 Å². The van der Waals surface area contributed by atoms with Crippen LogP contribution in [0.4, 0.5) is 0 Å². The summed E-state index contributed by atoms with van der Waals surface area (Å²) >= 11 is 0. The fraction of sp³-hybridized carbons (Fsp3) is 0.238. The molecule has 0 bridgehead atoms. The maximum Gasteiger partial charge on any atom is 0.304 e. The van der Waals surface area contributed by atoms with Crippen LogP contribution in [-0.4, -0.2) is 32.9 Å². The highest BCUT2D eigenvalue weighted by Crippen LogP contribution is 2.37. The lowest BCUT2D eigenvalue weighted by Gasteiger charge is -2.13. The zero-order valence-corrected chi connectivity index (χ0v) is 15.4. The van der Waals surface area contributed by atoms with E-state index in [0.717, 1.165) is 29.5 Å². The zero-order chi connectivity index (χ0) is 20.4. The smallest absolute Gasteiger partial charge is 0.304 e. The predicted molar refractivity (Wildman–Crippen MR) is 103 cm³/mol. The lowest BCUT2D eigenvalue weighted by Crippen LogP contribution is -2.22. The Hall–Kier alpha value is -3.70. The van der Waals surface area contributed by atoms with Crippen LogP contribution in [0.3, 0.4) is 0 Å². The molecule has 1 aliphatic carbocycles. The minimum Gasteiger partial charge on any atom is -0.507 e. The van der Waals surface area contributed by atoms with E-state index in [4.69, 9.17) is 14.9 Å². The Morgan fingerprint density at radius 2 is 2.21 bits per heavy atom. The van der Waals surface area contributed by atoms with E-state index in [-0.39, 0.29) is 29.7 Å². The Balaban J connectivity index is 1.60. The molecule has 29 heavy (non-hydrogen) atoms. The van der Waals surface area contributed by atoms with Gasteiger partial charge in [-0.15, -0.1) is 0 Å². The SMILES string of the molecule is N#Cc1cc(-c2nc(-c3cccc4c3CCC4NCCC(=O)O)no2)ccc1O. The molecule has 0 aliphatic heterocycles. The summed E-state index contributed by atoms with van der Waals surface area (Å²) < 4.78 is 5.39. The molecule has 8 heteroatoms. The molecule has 0 spiro atoms. The molecule has 1 heterocycles. The molecular weight excluding hydrogens is 372 g/mol. The number of hydrogen-bond donors (Lipinski definition) is 3. The molecule has 0 amide bonds. The van der Waals surface area contributed by atoms with Crippen LogP contribution in [0.5, 0.6) is 5.75 Å². The van der Waals surface area contributed by atoms with Gasteiger partial charge in [-0.3, -0.25) is 4.79 Å². The van der Waals surface area contributed by atoms with Gasteiger partial charge in [-0.25, -0.2) is 0 Å². The van der Waals surface area contributed by atoms with Crippen molar-refractivity contribution in [1.29, 1.82) is 5.26 Å². The topological polar surface area (TPSA) is 132 Å². The number of nitriles is 1. The van der Waals surface area contributed by atoms with Crippen LogP contribution in [0.25, 0.3) is 22.8 Å². The van der Waals surface area contributed by atoms with Crippen molar-refractivity contribution in [2.45, 2.75) is 25.3 Å². The molecule has 0 saturated heterocycles. The van der Waals surface area contributed by atoms with E-state index < -0.39 is 5.97 Å². The van der Waals surface area contributed by atoms with Gasteiger partial charge in [0.15, 0.2) is 0 Å². The van der Waals surface area contributed by atoms with Crippen molar-refractivity contribution in [2.24, 2.45) is 0 Å². The van der Waals surface area contributed by atoms with Crippen LogP contribution >= 0.6 is 0 Å². The third-order valence-corrected chi connectivity index (χ3v) is 5.03. The molecule has 0 fully saturated rings. The molecule has 4 rings (SSSR count). The molecule has 1 atom stereocenters. The van der Waals surface area contributed by atoms with Gasteiger partial charge in [-0.1, -0.05) is 23.4 Å². The molecule has 3 aromatic rings. The molecular formula is C21H18N4O4. The Kier molecular flexibility index (Phi) is 4.97. The van der Waals surface area contributed by atoms with Gasteiger partial charge in [0.1, 0.15) is 11.8 Å². The molecule has 1 aromatic heterocycles. The minimum atomic E-state index is -0.822. The second-order valence-electron chi connectivity index (χ2n) is 6.83. The second kappa shape index (κ2) is 7.73. The predicted octanol–water partition coefficient (Wildman–Crippen LogP) is 3.03. The highest BCUT2D eigenvalue weighted by atomic mass is 16.5. The van der Waals surface area contributed by atoms with Gasteiger partial charge in [-0.05, 0) is 42.2 Å². The molecule has 2 aromatic carbocycles. The summed E-state index contributed by atoms with van der Waals surface area (Å²) in [6, 6.07) is 12.5. The zero-order valence-electron chi connectivity index (χ0n) is 15.4. The first-order valence-corrected chi connectivity index (χ1v) is 9.21. The average molecular weight is 390 g/mol. The highest BCUT2D eigenvalue weighted by Gasteiger charge is 2.26. The summed E-state index contributed by atoms with van der Waals surface area (Å²) in [4.78, 5) is 15.2. The number of aliphatic carboxylic acids is 1. The first kappa shape index (κ1) is 18.7. The lowest BCUT2D eigenvalue weighted by molar-refractivity contribution is -0.136. The first-order valence-electron chi connectivity index (χ1n) is 9.21. The third-order valence-electron chi connectivity index (χ3n) is 5.03. The summed E-state index contributed by atoms with van der Waals surface area (Å²) in [5.41, 5.74) is 3.81. The van der Waals surface area contributed by atoms with E-state index >= 15 is 0 Å². The van der Waals surface area contributed by atoms with Crippen molar-refractivity contribution >= 4 is 5.97 Å². The third kappa shape index (κ3) is 3.68. The van der Waals surface area contributed by atoms with E-state index in [1.54, 1.807) is 6.07 Å². The molecule has 8 nitrogen and oxygen atoms in total. The summed E-state index contributed by atoms with van der Waals surface area (Å²) in [6.07, 6.45) is 1.79. The molecule has 146 valence electrons. The summed E-state index contributed by atoms with van der Waals surface area (Å²) in [5, 5.41) is 35.0. The normalized spacial score (nSPS) is 15.1. The fourth-order valence-corrected chi connectivity index (χ4v) is 3.64. The van der Waals surface area contributed by atoms with Crippen LogP contribution < -0.4 is 5.32 Å². The van der Waals surface area contributed by atoms with Crippen molar-refractivity contribution in [1.82, 2.24) is 15.5 Å². The number of nitrogens with zero attached hydrogens (tertiary/aromatic N) is 3. The average Bonchev–Trinajstić information content (AvgIpc) is 3.36. The van der Waals surface area contributed by atoms with Gasteiger partial charge >= 0.3 is 5.97 Å². The monoisotopic (exact) mass is 390 g/mol. The standard InChI is InChI=1S/C21H18N4O4/c22-11-13-10-12(4-7-18(13)26)21-24-20(25-29-21)16-3-1-2-15-14(16)5-6-17(15)23-9-8-19(27)28/h1-4,7,10,17,23,26H,5-6,8-9H2,(H,27,28). The first-order chi connectivity index (χ1) is 14.1. The van der Waals surface area contributed by atoms with Gasteiger partial charge in [0.2, 0.25) is 5.82 Å². The Labute approximate surface area is 166 Å². The van der Waals surface area contributed by atoms with E-state index in [2.05, 4.69) is 15.5 Å². The number of aromatic hydroxyl groups is 1. The molecule has 0 saturated carbocycles. The van der Waals surface area contributed by atoms with Crippen molar-refractivity contribution in [3.63, 3.8) is 0 Å². The number of carboxylic acids is 1. The van der Waals surface area contributed by atoms with Crippen molar-refractivity contribution in [3.05, 3.63) is 53.1 Å². The molecule has 1 aliphatic rings. The number of carbonyl (C=O) groups is 1. The van der Waals surface area contributed by atoms with E-state index in [1.165, 1.54) is 12.1 Å².